The number of rotatable bonds is 2. The van der Waals surface area contributed by atoms with Crippen molar-refractivity contribution in [3.63, 3.8) is 0 Å². The highest BCUT2D eigenvalue weighted by Crippen LogP contribution is 2.34. The summed E-state index contributed by atoms with van der Waals surface area (Å²) in [5.74, 6) is -0.201. The number of hydrogen-bond acceptors (Lipinski definition) is 5. The second kappa shape index (κ2) is 4.64. The average Bonchev–Trinajstić information content (AvgIpc) is 2.94. The zero-order valence-corrected chi connectivity index (χ0v) is 11.8. The van der Waals surface area contributed by atoms with Gasteiger partial charge >= 0.3 is 0 Å². The van der Waals surface area contributed by atoms with E-state index in [0.717, 1.165) is 15.0 Å². The van der Waals surface area contributed by atoms with E-state index in [4.69, 9.17) is 5.73 Å². The molecule has 3 aromatic rings. The van der Waals surface area contributed by atoms with Gasteiger partial charge in [0.05, 0.1) is 5.69 Å². The molecule has 0 unspecified atom stereocenters. The predicted molar refractivity (Wildman–Crippen MR) is 81.0 cm³/mol. The van der Waals surface area contributed by atoms with E-state index in [2.05, 4.69) is 10.3 Å². The maximum atomic E-state index is 12.2. The van der Waals surface area contributed by atoms with Gasteiger partial charge in [-0.05, 0) is 13.0 Å². The number of nitrogens with zero attached hydrogens (tertiary/aromatic N) is 1. The Balaban J connectivity index is 1.95. The molecule has 2 heterocycles. The van der Waals surface area contributed by atoms with Crippen molar-refractivity contribution in [3.05, 3.63) is 40.2 Å². The Labute approximate surface area is 117 Å². The Bertz CT molecular complexity index is 760. The Hall–Kier alpha value is -1.92. The molecular formula is C13H11N3OS2. The van der Waals surface area contributed by atoms with Crippen molar-refractivity contribution in [2.24, 2.45) is 0 Å². The van der Waals surface area contributed by atoms with Crippen LogP contribution in [-0.2, 0) is 0 Å². The lowest BCUT2D eigenvalue weighted by atomic mass is 10.2. The molecule has 0 aliphatic carbocycles. The van der Waals surface area contributed by atoms with Gasteiger partial charge in [-0.15, -0.1) is 22.7 Å². The van der Waals surface area contributed by atoms with Gasteiger partial charge in [0.15, 0.2) is 5.13 Å². The first-order valence-electron chi connectivity index (χ1n) is 5.66. The summed E-state index contributed by atoms with van der Waals surface area (Å²) in [7, 11) is 0. The van der Waals surface area contributed by atoms with Crippen LogP contribution in [0.15, 0.2) is 30.5 Å². The molecule has 3 N–H and O–H groups in total. The zero-order valence-electron chi connectivity index (χ0n) is 10.1. The highest BCUT2D eigenvalue weighted by atomic mass is 32.1. The molecule has 0 bridgehead atoms. The van der Waals surface area contributed by atoms with E-state index >= 15 is 0 Å². The molecule has 1 amide bonds. The fourth-order valence-corrected chi connectivity index (χ4v) is 3.48. The number of amides is 1. The van der Waals surface area contributed by atoms with Crippen molar-refractivity contribution >= 4 is 49.5 Å². The van der Waals surface area contributed by atoms with Crippen LogP contribution in [-0.4, -0.2) is 10.9 Å². The maximum Gasteiger partial charge on any atom is 0.269 e. The number of carbonyl (C=O) groups excluding carboxylic acids is 1. The molecule has 0 saturated carbocycles. The van der Waals surface area contributed by atoms with Gasteiger partial charge < -0.3 is 5.73 Å². The topological polar surface area (TPSA) is 68.0 Å². The van der Waals surface area contributed by atoms with E-state index < -0.39 is 0 Å². The zero-order chi connectivity index (χ0) is 13.4. The molecule has 0 fully saturated rings. The minimum absolute atomic E-state index is 0.201. The van der Waals surface area contributed by atoms with Crippen LogP contribution >= 0.6 is 22.7 Å². The highest BCUT2D eigenvalue weighted by molar-refractivity contribution is 7.22. The summed E-state index contributed by atoms with van der Waals surface area (Å²) >= 11 is 2.84. The summed E-state index contributed by atoms with van der Waals surface area (Å²) in [4.78, 5) is 17.9. The van der Waals surface area contributed by atoms with E-state index in [0.29, 0.717) is 15.7 Å². The third kappa shape index (κ3) is 2.20. The van der Waals surface area contributed by atoms with Gasteiger partial charge in [-0.3, -0.25) is 10.1 Å². The van der Waals surface area contributed by atoms with E-state index in [-0.39, 0.29) is 5.91 Å². The number of fused-ring (bicyclic) bond motifs is 1. The molecule has 0 aliphatic heterocycles. The molecule has 96 valence electrons. The Morgan fingerprint density at radius 3 is 2.79 bits per heavy atom. The van der Waals surface area contributed by atoms with Crippen LogP contribution in [0.4, 0.5) is 10.8 Å². The third-order valence-corrected chi connectivity index (χ3v) is 4.70. The number of anilines is 2. The second-order valence-corrected chi connectivity index (χ2v) is 6.36. The number of thiazole rings is 1. The number of nitrogen functional groups attached to an aromatic ring is 1. The van der Waals surface area contributed by atoms with Crippen LogP contribution in [0.25, 0.3) is 10.1 Å². The number of carbonyl (C=O) groups is 1. The molecule has 0 spiro atoms. The molecule has 4 nitrogen and oxygen atoms in total. The van der Waals surface area contributed by atoms with Gasteiger partial charge in [0, 0.05) is 21.2 Å². The molecule has 3 rings (SSSR count). The molecule has 2 aromatic heterocycles. The normalized spacial score (nSPS) is 10.8. The summed E-state index contributed by atoms with van der Waals surface area (Å²) in [5.41, 5.74) is 6.57. The average molecular weight is 289 g/mol. The van der Waals surface area contributed by atoms with Crippen LogP contribution in [0.3, 0.4) is 0 Å². The standard InChI is InChI=1S/C13H11N3OS2/c1-7-6-15-13(18-7)16-12(17)11-10(14)8-4-2-3-5-9(8)19-11/h2-6H,14H2,1H3,(H,15,16,17). The summed E-state index contributed by atoms with van der Waals surface area (Å²) in [6.07, 6.45) is 1.73. The number of aryl methyl sites for hydroxylation is 1. The number of hydrogen-bond donors (Lipinski definition) is 2. The maximum absolute atomic E-state index is 12.2. The highest BCUT2D eigenvalue weighted by Gasteiger charge is 2.17. The Kier molecular flexibility index (Phi) is 2.96. The lowest BCUT2D eigenvalue weighted by molar-refractivity contribution is 0.103. The Morgan fingerprint density at radius 1 is 1.32 bits per heavy atom. The molecule has 1 aromatic carbocycles. The molecule has 19 heavy (non-hydrogen) atoms. The minimum atomic E-state index is -0.201. The molecule has 6 heteroatoms. The van der Waals surface area contributed by atoms with Gasteiger partial charge in [0.25, 0.3) is 5.91 Å². The molecule has 0 aliphatic rings. The van der Waals surface area contributed by atoms with Crippen LogP contribution < -0.4 is 11.1 Å². The lowest BCUT2D eigenvalue weighted by Gasteiger charge is -1.99. The van der Waals surface area contributed by atoms with Crippen molar-refractivity contribution in [1.82, 2.24) is 4.98 Å². The molecular weight excluding hydrogens is 278 g/mol. The number of benzene rings is 1. The number of aromatic nitrogens is 1. The number of nitrogens with two attached hydrogens (primary N) is 1. The first kappa shape index (κ1) is 12.1. The van der Waals surface area contributed by atoms with E-state index in [1.54, 1.807) is 6.20 Å². The van der Waals surface area contributed by atoms with Crippen LogP contribution in [0.2, 0.25) is 0 Å². The van der Waals surface area contributed by atoms with E-state index in [1.165, 1.54) is 22.7 Å². The fraction of sp³-hybridized carbons (Fsp3) is 0.0769. The van der Waals surface area contributed by atoms with Gasteiger partial charge in [0.2, 0.25) is 0 Å². The van der Waals surface area contributed by atoms with E-state index in [1.807, 2.05) is 31.2 Å². The minimum Gasteiger partial charge on any atom is -0.397 e. The number of thiophene rings is 1. The van der Waals surface area contributed by atoms with Gasteiger partial charge in [-0.2, -0.15) is 0 Å². The summed E-state index contributed by atoms with van der Waals surface area (Å²) in [6.45, 7) is 1.95. The van der Waals surface area contributed by atoms with Crippen LogP contribution in [0, 0.1) is 6.92 Å². The lowest BCUT2D eigenvalue weighted by Crippen LogP contribution is -2.11. The first-order valence-corrected chi connectivity index (χ1v) is 7.29. The van der Waals surface area contributed by atoms with Crippen LogP contribution in [0.1, 0.15) is 14.5 Å². The largest absolute Gasteiger partial charge is 0.397 e. The van der Waals surface area contributed by atoms with Crippen molar-refractivity contribution in [2.45, 2.75) is 6.92 Å². The van der Waals surface area contributed by atoms with Crippen molar-refractivity contribution in [2.75, 3.05) is 11.1 Å². The second-order valence-electron chi connectivity index (χ2n) is 4.07. The summed E-state index contributed by atoms with van der Waals surface area (Å²) in [6, 6.07) is 7.73. The Morgan fingerprint density at radius 2 is 2.11 bits per heavy atom. The summed E-state index contributed by atoms with van der Waals surface area (Å²) in [5, 5.41) is 4.30. The quantitative estimate of drug-likeness (QED) is 0.758. The predicted octanol–water partition coefficient (Wildman–Crippen LogP) is 3.50. The summed E-state index contributed by atoms with van der Waals surface area (Å²) < 4.78 is 1.01. The third-order valence-electron chi connectivity index (χ3n) is 2.68. The smallest absolute Gasteiger partial charge is 0.269 e. The van der Waals surface area contributed by atoms with Gasteiger partial charge in [-0.1, -0.05) is 18.2 Å². The molecule has 0 radical (unpaired) electrons. The van der Waals surface area contributed by atoms with Crippen LogP contribution in [0.5, 0.6) is 0 Å². The molecule has 0 atom stereocenters. The fourth-order valence-electron chi connectivity index (χ4n) is 1.80. The first-order chi connectivity index (χ1) is 9.15. The molecule has 0 saturated heterocycles. The van der Waals surface area contributed by atoms with E-state index in [9.17, 15) is 4.79 Å². The van der Waals surface area contributed by atoms with Crippen molar-refractivity contribution in [3.8, 4) is 0 Å². The van der Waals surface area contributed by atoms with Crippen molar-refractivity contribution in [1.29, 1.82) is 0 Å². The SMILES string of the molecule is Cc1cnc(NC(=O)c2sc3ccccc3c2N)s1. The monoisotopic (exact) mass is 289 g/mol. The van der Waals surface area contributed by atoms with Crippen molar-refractivity contribution < 1.29 is 4.79 Å². The number of nitrogens with one attached hydrogen (secondary N) is 1. The van der Waals surface area contributed by atoms with Gasteiger partial charge in [-0.25, -0.2) is 4.98 Å². The van der Waals surface area contributed by atoms with Gasteiger partial charge in [0.1, 0.15) is 4.88 Å².